The first-order valence-electron chi connectivity index (χ1n) is 3.32. The minimum atomic E-state index is -3.89. The van der Waals surface area contributed by atoms with E-state index in [0.717, 1.165) is 0 Å². The van der Waals surface area contributed by atoms with Crippen molar-refractivity contribution in [3.63, 3.8) is 0 Å². The third-order valence-electron chi connectivity index (χ3n) is 1.07. The lowest BCUT2D eigenvalue weighted by Gasteiger charge is -2.10. The summed E-state index contributed by atoms with van der Waals surface area (Å²) < 4.78 is 34.1. The van der Waals surface area contributed by atoms with E-state index in [1.165, 1.54) is 13.0 Å². The van der Waals surface area contributed by atoms with Crippen LogP contribution in [0.1, 0.15) is 6.92 Å². The fourth-order valence-corrected chi connectivity index (χ4v) is 1.45. The zero-order chi connectivity index (χ0) is 9.90. The largest absolute Gasteiger partial charge is 0.464 e. The molecule has 1 aliphatic rings. The van der Waals surface area contributed by atoms with E-state index in [0.29, 0.717) is 0 Å². The Morgan fingerprint density at radius 2 is 2.46 bits per heavy atom. The van der Waals surface area contributed by atoms with Crippen molar-refractivity contribution < 1.29 is 17.3 Å². The summed E-state index contributed by atoms with van der Waals surface area (Å²) in [7, 11) is -3.89. The monoisotopic (exact) mass is 201 g/mol. The Morgan fingerprint density at radius 3 is 3.00 bits per heavy atom. The van der Waals surface area contributed by atoms with Crippen LogP contribution in [0.4, 0.5) is 0 Å². The Bertz CT molecular complexity index is 399. The molecule has 1 rings (SSSR count). The Hall–Kier alpha value is -1.48. The lowest BCUT2D eigenvalue weighted by atomic mass is 10.5. The summed E-state index contributed by atoms with van der Waals surface area (Å²) in [6.07, 6.45) is 6.26. The summed E-state index contributed by atoms with van der Waals surface area (Å²) in [5.74, 6) is 2.33. The van der Waals surface area contributed by atoms with Gasteiger partial charge in [-0.15, -0.1) is 6.42 Å². The molecule has 0 aliphatic carbocycles. The van der Waals surface area contributed by atoms with E-state index in [1.807, 2.05) is 0 Å². The van der Waals surface area contributed by atoms with Crippen molar-refractivity contribution in [3.8, 4) is 12.3 Å². The van der Waals surface area contributed by atoms with Gasteiger partial charge in [0.1, 0.15) is 5.76 Å². The molecular weight excluding hydrogens is 194 g/mol. The predicted molar refractivity (Wildman–Crippen MR) is 46.0 cm³/mol. The molecule has 0 bridgehead atoms. The summed E-state index contributed by atoms with van der Waals surface area (Å²) in [5.41, 5.74) is 0. The van der Waals surface area contributed by atoms with Crippen LogP contribution in [0.3, 0.4) is 0 Å². The molecule has 0 saturated heterocycles. The second kappa shape index (κ2) is 3.49. The molecule has 0 fully saturated rings. The number of hydrogen-bond donors (Lipinski definition) is 0. The maximum Gasteiger partial charge on any atom is 0.431 e. The fourth-order valence-electron chi connectivity index (χ4n) is 0.703. The fraction of sp³-hybridized carbons (Fsp3) is 0.286. The Kier molecular flexibility index (Phi) is 2.58. The first-order valence-corrected chi connectivity index (χ1v) is 4.69. The minimum absolute atomic E-state index is 0.0296. The van der Waals surface area contributed by atoms with E-state index < -0.39 is 10.3 Å². The average Bonchev–Trinajstić information content (AvgIpc) is 1.97. The average molecular weight is 201 g/mol. The van der Waals surface area contributed by atoms with Crippen LogP contribution in [0.5, 0.6) is 0 Å². The number of allylic oxidation sites excluding steroid dienone is 1. The van der Waals surface area contributed by atoms with Gasteiger partial charge in [0, 0.05) is 6.08 Å². The molecule has 0 atom stereocenters. The van der Waals surface area contributed by atoms with Gasteiger partial charge in [-0.2, -0.15) is 8.42 Å². The second-order valence-electron chi connectivity index (χ2n) is 2.19. The number of nitrogens with zero attached hydrogens (tertiary/aromatic N) is 1. The van der Waals surface area contributed by atoms with Gasteiger partial charge in [0.2, 0.25) is 5.90 Å². The zero-order valence-electron chi connectivity index (χ0n) is 6.85. The van der Waals surface area contributed by atoms with E-state index in [1.54, 1.807) is 0 Å². The Labute approximate surface area is 76.3 Å². The van der Waals surface area contributed by atoms with Crippen molar-refractivity contribution in [2.45, 2.75) is 6.92 Å². The highest BCUT2D eigenvalue weighted by Gasteiger charge is 2.18. The lowest BCUT2D eigenvalue weighted by molar-refractivity contribution is 0.349. The van der Waals surface area contributed by atoms with Crippen molar-refractivity contribution in [2.24, 2.45) is 4.40 Å². The number of ether oxygens (including phenoxy) is 1. The third kappa shape index (κ3) is 2.80. The van der Waals surface area contributed by atoms with Crippen LogP contribution in [0.25, 0.3) is 0 Å². The van der Waals surface area contributed by atoms with Crippen LogP contribution in [0.15, 0.2) is 16.2 Å². The predicted octanol–water partition coefficient (Wildman–Crippen LogP) is 0.214. The molecule has 0 aromatic carbocycles. The third-order valence-corrected chi connectivity index (χ3v) is 1.95. The first-order chi connectivity index (χ1) is 6.03. The summed E-state index contributed by atoms with van der Waals surface area (Å²) in [4.78, 5) is 0. The van der Waals surface area contributed by atoms with Crippen LogP contribution in [-0.2, 0) is 19.2 Å². The SMILES string of the molecule is C#CCOC1=NS(=O)(=O)OC(C)=C1. The maximum atomic E-state index is 10.9. The molecule has 6 heteroatoms. The van der Waals surface area contributed by atoms with E-state index >= 15 is 0 Å². The molecule has 13 heavy (non-hydrogen) atoms. The van der Waals surface area contributed by atoms with Gasteiger partial charge in [0.05, 0.1) is 0 Å². The van der Waals surface area contributed by atoms with E-state index in [9.17, 15) is 8.42 Å². The zero-order valence-corrected chi connectivity index (χ0v) is 7.67. The van der Waals surface area contributed by atoms with Crippen molar-refractivity contribution in [1.82, 2.24) is 0 Å². The molecule has 0 N–H and O–H groups in total. The summed E-state index contributed by atoms with van der Waals surface area (Å²) >= 11 is 0. The molecule has 0 aromatic heterocycles. The Morgan fingerprint density at radius 1 is 1.77 bits per heavy atom. The van der Waals surface area contributed by atoms with Gasteiger partial charge in [0.15, 0.2) is 6.61 Å². The lowest BCUT2D eigenvalue weighted by Crippen LogP contribution is -2.14. The van der Waals surface area contributed by atoms with Crippen LogP contribution < -0.4 is 0 Å². The topological polar surface area (TPSA) is 65.0 Å². The van der Waals surface area contributed by atoms with E-state index in [-0.39, 0.29) is 18.3 Å². The van der Waals surface area contributed by atoms with Crippen LogP contribution >= 0.6 is 0 Å². The highest BCUT2D eigenvalue weighted by atomic mass is 32.2. The molecule has 5 nitrogen and oxygen atoms in total. The summed E-state index contributed by atoms with van der Waals surface area (Å²) in [5, 5.41) is 0. The van der Waals surface area contributed by atoms with Gasteiger partial charge in [0.25, 0.3) is 0 Å². The first kappa shape index (κ1) is 9.61. The molecule has 1 aliphatic heterocycles. The highest BCUT2D eigenvalue weighted by molar-refractivity contribution is 7.85. The molecule has 0 aromatic rings. The molecule has 0 radical (unpaired) electrons. The van der Waals surface area contributed by atoms with Crippen LogP contribution in [0, 0.1) is 12.3 Å². The van der Waals surface area contributed by atoms with Crippen molar-refractivity contribution >= 4 is 16.2 Å². The molecule has 0 saturated carbocycles. The molecule has 1 heterocycles. The van der Waals surface area contributed by atoms with Crippen LogP contribution in [-0.4, -0.2) is 20.9 Å². The van der Waals surface area contributed by atoms with Crippen LogP contribution in [0.2, 0.25) is 0 Å². The van der Waals surface area contributed by atoms with Crippen molar-refractivity contribution in [3.05, 3.63) is 11.8 Å². The smallest absolute Gasteiger partial charge is 0.431 e. The number of terminal acetylenes is 1. The molecule has 70 valence electrons. The minimum Gasteiger partial charge on any atom is -0.464 e. The standard InChI is InChI=1S/C7H7NO4S/c1-3-4-11-7-5-6(2)12-13(9,10)8-7/h1,5H,4H2,2H3. The molecule has 0 amide bonds. The molecular formula is C7H7NO4S. The van der Waals surface area contributed by atoms with Gasteiger partial charge >= 0.3 is 10.3 Å². The van der Waals surface area contributed by atoms with Gasteiger partial charge in [-0.3, -0.25) is 0 Å². The molecule has 0 unspecified atom stereocenters. The Balaban J connectivity index is 2.85. The van der Waals surface area contributed by atoms with Gasteiger partial charge in [-0.1, -0.05) is 10.3 Å². The van der Waals surface area contributed by atoms with E-state index in [2.05, 4.69) is 14.5 Å². The molecule has 0 spiro atoms. The summed E-state index contributed by atoms with van der Waals surface area (Å²) in [6.45, 7) is 1.45. The number of rotatable bonds is 1. The normalized spacial score (nSPS) is 19.1. The number of hydrogen-bond acceptors (Lipinski definition) is 4. The highest BCUT2D eigenvalue weighted by Crippen LogP contribution is 2.11. The maximum absolute atomic E-state index is 10.9. The van der Waals surface area contributed by atoms with Crippen molar-refractivity contribution in [2.75, 3.05) is 6.61 Å². The quantitative estimate of drug-likeness (QED) is 0.569. The van der Waals surface area contributed by atoms with Crippen molar-refractivity contribution in [1.29, 1.82) is 0 Å². The van der Waals surface area contributed by atoms with E-state index in [4.69, 9.17) is 11.2 Å². The van der Waals surface area contributed by atoms with Gasteiger partial charge < -0.3 is 8.92 Å². The van der Waals surface area contributed by atoms with Gasteiger partial charge in [-0.05, 0) is 6.92 Å². The summed E-state index contributed by atoms with van der Waals surface area (Å²) in [6, 6.07) is 0. The van der Waals surface area contributed by atoms with Gasteiger partial charge in [-0.25, -0.2) is 0 Å². The second-order valence-corrected chi connectivity index (χ2v) is 3.39.